The maximum atomic E-state index is 6.52. The van der Waals surface area contributed by atoms with E-state index in [1.165, 1.54) is 0 Å². The van der Waals surface area contributed by atoms with Gasteiger partial charge in [0.1, 0.15) is 24.1 Å². The molecule has 0 radical (unpaired) electrons. The summed E-state index contributed by atoms with van der Waals surface area (Å²) in [6, 6.07) is 28.1. The Morgan fingerprint density at radius 3 is 1.97 bits per heavy atom. The molecule has 3 aromatic rings. The zero-order chi connectivity index (χ0) is 27.3. The first-order valence-corrected chi connectivity index (χ1v) is 13.6. The standard InChI is InChI=1S/C33H40O6/c1-4-5-12-21-35-33-32(38-24-28-17-19-29(34-3)20-18-28)31(37-23-27-15-10-7-11-16-27)30(39-33)25(2)36-22-26-13-8-6-9-14-26/h4,6-11,13-20,25,30-33H,1,5,12,21-24H2,2-3H3/t25-,30+,31+,32-,33+/m1/s1. The summed E-state index contributed by atoms with van der Waals surface area (Å²) < 4.78 is 37.3. The van der Waals surface area contributed by atoms with E-state index in [9.17, 15) is 0 Å². The second kappa shape index (κ2) is 15.6. The van der Waals surface area contributed by atoms with E-state index in [2.05, 4.69) is 30.8 Å². The van der Waals surface area contributed by atoms with Gasteiger partial charge in [-0.15, -0.1) is 6.58 Å². The molecule has 0 aromatic heterocycles. The quantitative estimate of drug-likeness (QED) is 0.156. The van der Waals surface area contributed by atoms with E-state index in [-0.39, 0.29) is 12.2 Å². The molecule has 0 saturated carbocycles. The number of hydrogen-bond acceptors (Lipinski definition) is 6. The molecule has 208 valence electrons. The molecule has 0 aliphatic carbocycles. The summed E-state index contributed by atoms with van der Waals surface area (Å²) >= 11 is 0. The van der Waals surface area contributed by atoms with Crippen molar-refractivity contribution in [3.63, 3.8) is 0 Å². The Kier molecular flexibility index (Phi) is 11.6. The van der Waals surface area contributed by atoms with E-state index in [0.29, 0.717) is 26.4 Å². The highest BCUT2D eigenvalue weighted by atomic mass is 16.7. The number of ether oxygens (including phenoxy) is 6. The number of hydrogen-bond donors (Lipinski definition) is 0. The van der Waals surface area contributed by atoms with Crippen molar-refractivity contribution in [2.24, 2.45) is 0 Å². The predicted octanol–water partition coefficient (Wildman–Crippen LogP) is 6.48. The van der Waals surface area contributed by atoms with Gasteiger partial charge in [0.25, 0.3) is 0 Å². The van der Waals surface area contributed by atoms with Crippen LogP contribution in [0.2, 0.25) is 0 Å². The minimum Gasteiger partial charge on any atom is -0.497 e. The van der Waals surface area contributed by atoms with E-state index >= 15 is 0 Å². The van der Waals surface area contributed by atoms with Crippen LogP contribution in [-0.2, 0) is 43.5 Å². The van der Waals surface area contributed by atoms with Crippen molar-refractivity contribution in [2.45, 2.75) is 70.3 Å². The number of benzene rings is 3. The lowest BCUT2D eigenvalue weighted by Gasteiger charge is -2.27. The van der Waals surface area contributed by atoms with Crippen LogP contribution < -0.4 is 4.74 Å². The zero-order valence-corrected chi connectivity index (χ0v) is 22.9. The summed E-state index contributed by atoms with van der Waals surface area (Å²) in [5, 5.41) is 0. The van der Waals surface area contributed by atoms with Gasteiger partial charge in [0.05, 0.1) is 39.6 Å². The molecule has 39 heavy (non-hydrogen) atoms. The van der Waals surface area contributed by atoms with E-state index < -0.39 is 18.5 Å². The molecule has 5 atom stereocenters. The largest absolute Gasteiger partial charge is 0.497 e. The first-order chi connectivity index (χ1) is 19.2. The Bertz CT molecular complexity index is 1090. The van der Waals surface area contributed by atoms with Crippen LogP contribution in [0.5, 0.6) is 5.75 Å². The van der Waals surface area contributed by atoms with Gasteiger partial charge < -0.3 is 28.4 Å². The van der Waals surface area contributed by atoms with Crippen LogP contribution in [0.4, 0.5) is 0 Å². The molecule has 0 N–H and O–H groups in total. The lowest BCUT2D eigenvalue weighted by Crippen LogP contribution is -2.42. The maximum Gasteiger partial charge on any atom is 0.186 e. The summed E-state index contributed by atoms with van der Waals surface area (Å²) in [6.07, 6.45) is 1.59. The van der Waals surface area contributed by atoms with Gasteiger partial charge in [0.15, 0.2) is 6.29 Å². The fraction of sp³-hybridized carbons (Fsp3) is 0.394. The van der Waals surface area contributed by atoms with Crippen LogP contribution in [0.3, 0.4) is 0 Å². The molecule has 1 aliphatic rings. The summed E-state index contributed by atoms with van der Waals surface area (Å²) in [6.45, 7) is 7.67. The lowest BCUT2D eigenvalue weighted by atomic mass is 10.1. The smallest absolute Gasteiger partial charge is 0.186 e. The molecule has 1 saturated heterocycles. The molecule has 0 unspecified atom stereocenters. The third kappa shape index (κ3) is 8.75. The van der Waals surface area contributed by atoms with Gasteiger partial charge in [-0.2, -0.15) is 0 Å². The maximum absolute atomic E-state index is 6.52. The predicted molar refractivity (Wildman–Crippen MR) is 151 cm³/mol. The topological polar surface area (TPSA) is 55.4 Å². The molecule has 1 heterocycles. The summed E-state index contributed by atoms with van der Waals surface area (Å²) in [7, 11) is 1.66. The molecular weight excluding hydrogens is 492 g/mol. The second-order valence-corrected chi connectivity index (χ2v) is 9.66. The molecule has 1 fully saturated rings. The SMILES string of the molecule is C=CCCCO[C@H]1O[C@@H]([C@@H](C)OCc2ccccc2)[C@H](OCc2ccccc2)[C@H]1OCc1ccc(OC)cc1. The molecule has 3 aromatic carbocycles. The van der Waals surface area contributed by atoms with Gasteiger partial charge >= 0.3 is 0 Å². The summed E-state index contributed by atoms with van der Waals surface area (Å²) in [5.41, 5.74) is 3.21. The highest BCUT2D eigenvalue weighted by molar-refractivity contribution is 5.26. The fourth-order valence-electron chi connectivity index (χ4n) is 4.53. The van der Waals surface area contributed by atoms with Crippen molar-refractivity contribution in [1.82, 2.24) is 0 Å². The van der Waals surface area contributed by atoms with Gasteiger partial charge in [0, 0.05) is 0 Å². The Hall–Kier alpha value is -3.00. The molecule has 1 aliphatic heterocycles. The van der Waals surface area contributed by atoms with Crippen molar-refractivity contribution in [1.29, 1.82) is 0 Å². The van der Waals surface area contributed by atoms with Crippen molar-refractivity contribution in [3.05, 3.63) is 114 Å². The minimum atomic E-state index is -0.582. The fourth-order valence-corrected chi connectivity index (χ4v) is 4.53. The first kappa shape index (κ1) is 29.0. The molecule has 4 rings (SSSR count). The second-order valence-electron chi connectivity index (χ2n) is 9.66. The zero-order valence-electron chi connectivity index (χ0n) is 22.9. The third-order valence-corrected chi connectivity index (χ3v) is 6.75. The number of methoxy groups -OCH3 is 1. The van der Waals surface area contributed by atoms with Crippen LogP contribution in [0.15, 0.2) is 97.6 Å². The molecule has 0 bridgehead atoms. The van der Waals surface area contributed by atoms with Gasteiger partial charge in [-0.05, 0) is 48.6 Å². The summed E-state index contributed by atoms with van der Waals surface area (Å²) in [4.78, 5) is 0. The Labute approximate surface area is 232 Å². The van der Waals surface area contributed by atoms with Crippen molar-refractivity contribution in [3.8, 4) is 5.75 Å². The van der Waals surface area contributed by atoms with Crippen molar-refractivity contribution >= 4 is 0 Å². The van der Waals surface area contributed by atoms with Gasteiger partial charge in [0.2, 0.25) is 0 Å². The van der Waals surface area contributed by atoms with Crippen LogP contribution in [0, 0.1) is 0 Å². The van der Waals surface area contributed by atoms with Crippen molar-refractivity contribution in [2.75, 3.05) is 13.7 Å². The Morgan fingerprint density at radius 2 is 1.36 bits per heavy atom. The van der Waals surface area contributed by atoms with Crippen molar-refractivity contribution < 1.29 is 28.4 Å². The van der Waals surface area contributed by atoms with E-state index in [4.69, 9.17) is 28.4 Å². The Morgan fingerprint density at radius 1 is 0.769 bits per heavy atom. The first-order valence-electron chi connectivity index (χ1n) is 13.6. The van der Waals surface area contributed by atoms with Gasteiger partial charge in [-0.3, -0.25) is 0 Å². The number of allylic oxidation sites excluding steroid dienone is 1. The van der Waals surface area contributed by atoms with E-state index in [1.807, 2.05) is 73.7 Å². The highest BCUT2D eigenvalue weighted by Gasteiger charge is 2.49. The van der Waals surface area contributed by atoms with E-state index in [1.54, 1.807) is 7.11 Å². The minimum absolute atomic E-state index is 0.250. The van der Waals surface area contributed by atoms with E-state index in [0.717, 1.165) is 35.3 Å². The molecular formula is C33H40O6. The molecule has 6 heteroatoms. The lowest BCUT2D eigenvalue weighted by molar-refractivity contribution is -0.191. The third-order valence-electron chi connectivity index (χ3n) is 6.75. The molecule has 0 amide bonds. The average Bonchev–Trinajstić information content (AvgIpc) is 3.34. The monoisotopic (exact) mass is 532 g/mol. The normalized spacial score (nSPS) is 21.5. The Balaban J connectivity index is 1.50. The molecule has 6 nitrogen and oxygen atoms in total. The highest BCUT2D eigenvalue weighted by Crippen LogP contribution is 2.32. The van der Waals surface area contributed by atoms with Gasteiger partial charge in [-0.25, -0.2) is 0 Å². The number of rotatable bonds is 16. The van der Waals surface area contributed by atoms with Crippen LogP contribution >= 0.6 is 0 Å². The van der Waals surface area contributed by atoms with Gasteiger partial charge in [-0.1, -0.05) is 78.9 Å². The average molecular weight is 533 g/mol. The van der Waals surface area contributed by atoms with Crippen LogP contribution in [-0.4, -0.2) is 44.4 Å². The summed E-state index contributed by atoms with van der Waals surface area (Å²) in [5.74, 6) is 0.805. The van der Waals surface area contributed by atoms with Crippen LogP contribution in [0.25, 0.3) is 0 Å². The number of unbranched alkanes of at least 4 members (excludes halogenated alkanes) is 1. The molecule has 0 spiro atoms. The van der Waals surface area contributed by atoms with Crippen LogP contribution in [0.1, 0.15) is 36.5 Å².